The van der Waals surface area contributed by atoms with Crippen molar-refractivity contribution in [3.05, 3.63) is 11.2 Å². The first kappa shape index (κ1) is 26.3. The SMILES string of the molecule is CC(O)(CO[Si](C)(C)C(C)(C)C)c1ncc(S(=O)(Cl)=N[Si](C)(C)C(C)(C)C)s1. The predicted octanol–water partition coefficient (Wildman–Crippen LogP) is 6.36. The van der Waals surface area contributed by atoms with E-state index in [1.165, 1.54) is 6.20 Å². The van der Waals surface area contributed by atoms with E-state index >= 15 is 0 Å². The second kappa shape index (κ2) is 8.05. The maximum atomic E-state index is 13.1. The van der Waals surface area contributed by atoms with Crippen LogP contribution in [0.25, 0.3) is 0 Å². The summed E-state index contributed by atoms with van der Waals surface area (Å²) in [5.41, 5.74) is -1.28. The molecule has 1 N–H and O–H groups in total. The van der Waals surface area contributed by atoms with Gasteiger partial charge in [-0.25, -0.2) is 9.19 Å². The Morgan fingerprint density at radius 1 is 1.14 bits per heavy atom. The summed E-state index contributed by atoms with van der Waals surface area (Å²) in [7, 11) is -0.915. The van der Waals surface area contributed by atoms with Crippen LogP contribution in [0.1, 0.15) is 53.5 Å². The number of thiazole rings is 1. The van der Waals surface area contributed by atoms with Crippen LogP contribution >= 0.6 is 22.0 Å². The molecule has 1 aromatic heterocycles. The van der Waals surface area contributed by atoms with Crippen molar-refractivity contribution in [2.75, 3.05) is 6.61 Å². The number of rotatable bonds is 6. The van der Waals surface area contributed by atoms with Crippen LogP contribution in [0, 0.1) is 0 Å². The largest absolute Gasteiger partial charge is 0.413 e. The third kappa shape index (κ3) is 6.12. The van der Waals surface area contributed by atoms with Crippen LogP contribution in [0.3, 0.4) is 0 Å². The number of aliphatic hydroxyl groups is 1. The summed E-state index contributed by atoms with van der Waals surface area (Å²) in [5.74, 6) is 0. The average molecular weight is 485 g/mol. The van der Waals surface area contributed by atoms with Gasteiger partial charge in [-0.1, -0.05) is 41.5 Å². The van der Waals surface area contributed by atoms with Gasteiger partial charge in [-0.3, -0.25) is 4.03 Å². The Kier molecular flexibility index (Phi) is 7.55. The highest BCUT2D eigenvalue weighted by Gasteiger charge is 2.41. The van der Waals surface area contributed by atoms with Gasteiger partial charge in [0.15, 0.2) is 25.5 Å². The molecule has 1 aromatic rings. The van der Waals surface area contributed by atoms with Crippen molar-refractivity contribution in [3.8, 4) is 0 Å². The Morgan fingerprint density at radius 3 is 2.07 bits per heavy atom. The van der Waals surface area contributed by atoms with E-state index < -0.39 is 31.1 Å². The lowest BCUT2D eigenvalue weighted by atomic mass is 10.1. The highest BCUT2D eigenvalue weighted by Crippen LogP contribution is 2.41. The summed E-state index contributed by atoms with van der Waals surface area (Å²) in [5, 5.41) is 11.4. The number of hydrogen-bond acceptors (Lipinski definition) is 6. The van der Waals surface area contributed by atoms with E-state index in [9.17, 15) is 9.32 Å². The summed E-state index contributed by atoms with van der Waals surface area (Å²) in [6.07, 6.45) is 1.48. The zero-order valence-electron chi connectivity index (χ0n) is 19.1. The van der Waals surface area contributed by atoms with Crippen molar-refractivity contribution in [1.82, 2.24) is 4.98 Å². The second-order valence-corrected chi connectivity index (χ2v) is 24.7. The molecule has 0 aromatic carbocycles. The zero-order chi connectivity index (χ0) is 22.4. The molecule has 0 bridgehead atoms. The van der Waals surface area contributed by atoms with Crippen LogP contribution in [0.2, 0.25) is 36.3 Å². The van der Waals surface area contributed by atoms with E-state index in [1.54, 1.807) is 6.92 Å². The maximum absolute atomic E-state index is 13.1. The number of halogens is 1. The molecule has 0 spiro atoms. The van der Waals surface area contributed by atoms with Crippen molar-refractivity contribution in [2.24, 2.45) is 4.03 Å². The fourth-order valence-corrected chi connectivity index (χ4v) is 10.4. The van der Waals surface area contributed by atoms with E-state index in [0.717, 1.165) is 11.3 Å². The standard InChI is InChI=1S/C18H37ClN2O3S2Si2/c1-16(2,3)27(8,9)21-26(19,23)14-12-20-15(25-14)18(7,22)13-24-28(10,11)17(4,5)6/h12,22H,13H2,1-11H3. The molecule has 1 rings (SSSR count). The third-order valence-corrected chi connectivity index (χ3v) is 20.8. The molecule has 28 heavy (non-hydrogen) atoms. The molecule has 0 saturated carbocycles. The van der Waals surface area contributed by atoms with E-state index in [2.05, 4.69) is 76.7 Å². The van der Waals surface area contributed by atoms with Crippen molar-refractivity contribution >= 4 is 47.5 Å². The molecule has 0 radical (unpaired) electrons. The Hall–Kier alpha value is 0.224. The molecule has 164 valence electrons. The summed E-state index contributed by atoms with van der Waals surface area (Å²) in [4.78, 5) is 4.30. The van der Waals surface area contributed by atoms with Crippen LogP contribution in [0.15, 0.2) is 14.4 Å². The summed E-state index contributed by atoms with van der Waals surface area (Å²) in [6, 6.07) is 0. The maximum Gasteiger partial charge on any atom is 0.194 e. The van der Waals surface area contributed by atoms with Gasteiger partial charge in [-0.05, 0) is 43.2 Å². The lowest BCUT2D eigenvalue weighted by molar-refractivity contribution is 0.00244. The van der Waals surface area contributed by atoms with E-state index in [-0.39, 0.29) is 16.7 Å². The van der Waals surface area contributed by atoms with Crippen molar-refractivity contribution in [3.63, 3.8) is 0 Å². The Morgan fingerprint density at radius 2 is 1.64 bits per heavy atom. The third-order valence-electron chi connectivity index (χ3n) is 5.89. The van der Waals surface area contributed by atoms with Gasteiger partial charge in [0.05, 0.1) is 12.8 Å². The van der Waals surface area contributed by atoms with Crippen LogP contribution in [-0.2, 0) is 19.0 Å². The molecule has 0 aliphatic rings. The van der Waals surface area contributed by atoms with Gasteiger partial charge >= 0.3 is 0 Å². The lowest BCUT2D eigenvalue weighted by Crippen LogP contribution is -2.44. The Labute approximate surface area is 182 Å². The minimum Gasteiger partial charge on any atom is -0.413 e. The van der Waals surface area contributed by atoms with Gasteiger partial charge in [0.1, 0.15) is 14.8 Å². The van der Waals surface area contributed by atoms with Crippen LogP contribution in [0.4, 0.5) is 0 Å². The van der Waals surface area contributed by atoms with Gasteiger partial charge in [-0.2, -0.15) is 0 Å². The van der Waals surface area contributed by atoms with Gasteiger partial charge in [0.2, 0.25) is 0 Å². The smallest absolute Gasteiger partial charge is 0.194 e. The normalized spacial score (nSPS) is 18.5. The quantitative estimate of drug-likeness (QED) is 0.376. The first-order valence-electron chi connectivity index (χ1n) is 9.43. The molecule has 1 heterocycles. The Bertz CT molecular complexity index is 816. The van der Waals surface area contributed by atoms with Crippen LogP contribution < -0.4 is 0 Å². The minimum absolute atomic E-state index is 0.0453. The van der Waals surface area contributed by atoms with Gasteiger partial charge < -0.3 is 9.53 Å². The van der Waals surface area contributed by atoms with Gasteiger partial charge in [-0.15, -0.1) is 11.3 Å². The number of hydrogen-bond donors (Lipinski definition) is 1. The molecular weight excluding hydrogens is 448 g/mol. The molecule has 2 unspecified atom stereocenters. The summed E-state index contributed by atoms with van der Waals surface area (Å²) < 4.78 is 24.3. The number of aromatic nitrogens is 1. The van der Waals surface area contributed by atoms with Gasteiger partial charge in [0, 0.05) is 10.7 Å². The predicted molar refractivity (Wildman–Crippen MR) is 127 cm³/mol. The topological polar surface area (TPSA) is 71.8 Å². The second-order valence-electron chi connectivity index (χ2n) is 10.7. The van der Waals surface area contributed by atoms with Crippen molar-refractivity contribution in [1.29, 1.82) is 0 Å². The monoisotopic (exact) mass is 484 g/mol. The highest BCUT2D eigenvalue weighted by atomic mass is 35.7. The molecule has 0 aliphatic carbocycles. The molecule has 0 fully saturated rings. The van der Waals surface area contributed by atoms with Gasteiger partial charge in [0.25, 0.3) is 0 Å². The highest BCUT2D eigenvalue weighted by molar-refractivity contribution is 8.17. The van der Waals surface area contributed by atoms with E-state index in [0.29, 0.717) is 9.22 Å². The zero-order valence-corrected chi connectivity index (χ0v) is 23.5. The molecule has 0 amide bonds. The Balaban J connectivity index is 3.16. The first-order valence-corrected chi connectivity index (χ1v) is 18.4. The summed E-state index contributed by atoms with van der Waals surface area (Å²) in [6.45, 7) is 22.9. The van der Waals surface area contributed by atoms with Crippen LogP contribution in [-0.4, -0.2) is 37.5 Å². The van der Waals surface area contributed by atoms with Crippen molar-refractivity contribution in [2.45, 2.75) is 94.5 Å². The minimum atomic E-state index is -3.09. The molecule has 10 heteroatoms. The fraction of sp³-hybridized carbons (Fsp3) is 0.833. The van der Waals surface area contributed by atoms with E-state index in [4.69, 9.17) is 15.1 Å². The molecule has 0 aliphatic heterocycles. The number of nitrogens with zero attached hydrogens (tertiary/aromatic N) is 2. The fourth-order valence-electron chi connectivity index (χ4n) is 1.70. The first-order chi connectivity index (χ1) is 12.1. The molecular formula is C18H37ClN2O3S2Si2. The summed E-state index contributed by atoms with van der Waals surface area (Å²) >= 11 is 1.15. The van der Waals surface area contributed by atoms with Crippen molar-refractivity contribution < 1.29 is 13.7 Å². The molecule has 2 atom stereocenters. The van der Waals surface area contributed by atoms with E-state index in [1.807, 2.05) is 0 Å². The molecule has 0 saturated heterocycles. The molecule has 5 nitrogen and oxygen atoms in total. The average Bonchev–Trinajstić information content (AvgIpc) is 2.93. The lowest BCUT2D eigenvalue weighted by Gasteiger charge is -2.38. The van der Waals surface area contributed by atoms with Crippen LogP contribution in [0.5, 0.6) is 0 Å².